The Hall–Kier alpha value is -2.83. The second-order valence-electron chi connectivity index (χ2n) is 5.47. The highest BCUT2D eigenvalue weighted by atomic mass is 16.3. The molecule has 2 rings (SSSR count). The van der Waals surface area contributed by atoms with Crippen LogP contribution in [0.15, 0.2) is 38.8 Å². The molecule has 7 heteroatoms. The fourth-order valence-electron chi connectivity index (χ4n) is 2.41. The molecular formula is C17H22N4O3. The molecule has 2 aromatic rings. The van der Waals surface area contributed by atoms with E-state index in [1.165, 1.54) is 4.57 Å². The number of rotatable bonds is 6. The smallest absolute Gasteiger partial charge is 0.331 e. The van der Waals surface area contributed by atoms with E-state index in [2.05, 4.69) is 9.98 Å². The molecule has 1 aromatic carbocycles. The molecule has 0 atom stereocenters. The minimum absolute atomic E-state index is 0.0237. The van der Waals surface area contributed by atoms with E-state index in [0.717, 1.165) is 6.42 Å². The topological polar surface area (TPSA) is 113 Å². The first-order valence-corrected chi connectivity index (χ1v) is 7.97. The van der Waals surface area contributed by atoms with Crippen molar-refractivity contribution >= 4 is 17.1 Å². The number of aliphatic imine (C=N–C) groups is 1. The van der Waals surface area contributed by atoms with Crippen LogP contribution in [0.25, 0.3) is 0 Å². The van der Waals surface area contributed by atoms with E-state index in [9.17, 15) is 14.7 Å². The predicted octanol–water partition coefficient (Wildman–Crippen LogP) is 2.16. The zero-order valence-electron chi connectivity index (χ0n) is 13.9. The van der Waals surface area contributed by atoms with Crippen LogP contribution in [0.2, 0.25) is 0 Å². The standard InChI is InChI=1S/C17H22N4O3/c1-3-5-9-21-16(23)14(15(22)20-17(21)24)13(4-2)19-12-8-6-7-11(18)10-12/h6-8,10,23H,3-5,9,18H2,1-2H3,(H,20,22,24). The highest BCUT2D eigenvalue weighted by Crippen LogP contribution is 2.20. The Morgan fingerprint density at radius 1 is 1.33 bits per heavy atom. The summed E-state index contributed by atoms with van der Waals surface area (Å²) in [5, 5.41) is 10.4. The van der Waals surface area contributed by atoms with Crippen molar-refractivity contribution in [3.63, 3.8) is 0 Å². The monoisotopic (exact) mass is 330 g/mol. The molecule has 0 aliphatic carbocycles. The number of aromatic nitrogens is 2. The quantitative estimate of drug-likeness (QED) is 0.556. The first-order valence-electron chi connectivity index (χ1n) is 7.97. The van der Waals surface area contributed by atoms with Crippen molar-refractivity contribution in [2.24, 2.45) is 4.99 Å². The lowest BCUT2D eigenvalue weighted by Gasteiger charge is -2.12. The zero-order valence-corrected chi connectivity index (χ0v) is 13.9. The van der Waals surface area contributed by atoms with Crippen LogP contribution in [0.4, 0.5) is 11.4 Å². The lowest BCUT2D eigenvalue weighted by atomic mass is 10.1. The number of H-pyrrole nitrogens is 1. The van der Waals surface area contributed by atoms with Crippen LogP contribution in [0, 0.1) is 0 Å². The first kappa shape index (κ1) is 17.5. The molecule has 24 heavy (non-hydrogen) atoms. The number of benzene rings is 1. The van der Waals surface area contributed by atoms with Gasteiger partial charge in [0.15, 0.2) is 0 Å². The molecule has 0 unspecified atom stereocenters. The van der Waals surface area contributed by atoms with E-state index in [0.29, 0.717) is 36.5 Å². The molecule has 0 aliphatic rings. The molecule has 0 bridgehead atoms. The van der Waals surface area contributed by atoms with Gasteiger partial charge < -0.3 is 10.8 Å². The number of nitrogen functional groups attached to an aromatic ring is 1. The highest BCUT2D eigenvalue weighted by molar-refractivity contribution is 6.03. The van der Waals surface area contributed by atoms with Gasteiger partial charge in [0.1, 0.15) is 5.56 Å². The first-order chi connectivity index (χ1) is 11.5. The molecule has 0 radical (unpaired) electrons. The van der Waals surface area contributed by atoms with Crippen molar-refractivity contribution in [2.75, 3.05) is 5.73 Å². The molecule has 0 saturated heterocycles. The summed E-state index contributed by atoms with van der Waals surface area (Å²) in [5.41, 5.74) is 6.03. The predicted molar refractivity (Wildman–Crippen MR) is 95.2 cm³/mol. The highest BCUT2D eigenvalue weighted by Gasteiger charge is 2.18. The van der Waals surface area contributed by atoms with Gasteiger partial charge in [-0.1, -0.05) is 26.3 Å². The summed E-state index contributed by atoms with van der Waals surface area (Å²) in [6, 6.07) is 6.92. The van der Waals surface area contributed by atoms with Gasteiger partial charge in [0.2, 0.25) is 5.88 Å². The summed E-state index contributed by atoms with van der Waals surface area (Å²) in [6.45, 7) is 4.14. The Bertz CT molecular complexity index is 865. The summed E-state index contributed by atoms with van der Waals surface area (Å²) in [5.74, 6) is -0.346. The van der Waals surface area contributed by atoms with Crippen LogP contribution in [-0.2, 0) is 6.54 Å². The van der Waals surface area contributed by atoms with Crippen LogP contribution in [0.1, 0.15) is 38.7 Å². The lowest BCUT2D eigenvalue weighted by molar-refractivity contribution is 0.394. The fourth-order valence-corrected chi connectivity index (χ4v) is 2.41. The number of nitrogens with one attached hydrogen (secondary N) is 1. The molecule has 1 heterocycles. The Balaban J connectivity index is 2.60. The van der Waals surface area contributed by atoms with Gasteiger partial charge in [-0.25, -0.2) is 4.79 Å². The average Bonchev–Trinajstić information content (AvgIpc) is 2.53. The number of nitrogens with zero attached hydrogens (tertiary/aromatic N) is 2. The SMILES string of the molecule is CCCCn1c(O)c(C(CC)=Nc2cccc(N)c2)c(=O)[nH]c1=O. The van der Waals surface area contributed by atoms with Crippen molar-refractivity contribution in [3.8, 4) is 5.88 Å². The molecule has 0 fully saturated rings. The van der Waals surface area contributed by atoms with Crippen LogP contribution in [0.5, 0.6) is 5.88 Å². The molecule has 1 aromatic heterocycles. The molecule has 0 saturated carbocycles. The summed E-state index contributed by atoms with van der Waals surface area (Å²) < 4.78 is 1.17. The van der Waals surface area contributed by atoms with Crippen molar-refractivity contribution in [2.45, 2.75) is 39.7 Å². The maximum atomic E-state index is 12.2. The maximum absolute atomic E-state index is 12.2. The van der Waals surface area contributed by atoms with Crippen molar-refractivity contribution in [1.29, 1.82) is 0 Å². The molecule has 7 nitrogen and oxygen atoms in total. The Morgan fingerprint density at radius 3 is 2.71 bits per heavy atom. The maximum Gasteiger partial charge on any atom is 0.331 e. The third-order valence-electron chi connectivity index (χ3n) is 3.66. The van der Waals surface area contributed by atoms with E-state index in [4.69, 9.17) is 5.73 Å². The van der Waals surface area contributed by atoms with Crippen molar-refractivity contribution in [3.05, 3.63) is 50.7 Å². The second kappa shape index (κ2) is 7.63. The molecule has 0 amide bonds. The van der Waals surface area contributed by atoms with E-state index in [1.807, 2.05) is 13.8 Å². The largest absolute Gasteiger partial charge is 0.494 e. The van der Waals surface area contributed by atoms with Gasteiger partial charge >= 0.3 is 5.69 Å². The molecule has 128 valence electrons. The molecule has 0 spiro atoms. The normalized spacial score (nSPS) is 11.7. The van der Waals surface area contributed by atoms with E-state index in [1.54, 1.807) is 24.3 Å². The van der Waals surface area contributed by atoms with Crippen molar-refractivity contribution in [1.82, 2.24) is 9.55 Å². The van der Waals surface area contributed by atoms with Gasteiger partial charge in [0, 0.05) is 12.2 Å². The van der Waals surface area contributed by atoms with Crippen LogP contribution in [-0.4, -0.2) is 20.4 Å². The van der Waals surface area contributed by atoms with Gasteiger partial charge in [-0.3, -0.25) is 19.3 Å². The zero-order chi connectivity index (χ0) is 17.7. The van der Waals surface area contributed by atoms with Crippen LogP contribution in [0.3, 0.4) is 0 Å². The Labute approximate surface area is 139 Å². The summed E-state index contributed by atoms with van der Waals surface area (Å²) in [7, 11) is 0. The lowest BCUT2D eigenvalue weighted by Crippen LogP contribution is -2.34. The van der Waals surface area contributed by atoms with Crippen LogP contribution < -0.4 is 17.0 Å². The minimum atomic E-state index is -0.644. The number of aromatic amines is 1. The number of nitrogens with two attached hydrogens (primary N) is 1. The Morgan fingerprint density at radius 2 is 2.08 bits per heavy atom. The van der Waals surface area contributed by atoms with Crippen LogP contribution >= 0.6 is 0 Å². The number of aromatic hydroxyl groups is 1. The van der Waals surface area contributed by atoms with Gasteiger partial charge in [-0.2, -0.15) is 0 Å². The average molecular weight is 330 g/mol. The van der Waals surface area contributed by atoms with E-state index < -0.39 is 11.2 Å². The summed E-state index contributed by atoms with van der Waals surface area (Å²) in [4.78, 5) is 30.8. The molecule has 4 N–H and O–H groups in total. The molecule has 0 aliphatic heterocycles. The number of anilines is 1. The molecular weight excluding hydrogens is 308 g/mol. The Kier molecular flexibility index (Phi) is 5.57. The third-order valence-corrected chi connectivity index (χ3v) is 3.66. The summed E-state index contributed by atoms with van der Waals surface area (Å²) in [6.07, 6.45) is 1.99. The van der Waals surface area contributed by atoms with E-state index in [-0.39, 0.29) is 11.4 Å². The minimum Gasteiger partial charge on any atom is -0.494 e. The van der Waals surface area contributed by atoms with Gasteiger partial charge in [0.05, 0.1) is 11.4 Å². The van der Waals surface area contributed by atoms with Gasteiger partial charge in [-0.15, -0.1) is 0 Å². The number of unbranched alkanes of at least 4 members (excludes halogenated alkanes) is 1. The third kappa shape index (κ3) is 3.73. The summed E-state index contributed by atoms with van der Waals surface area (Å²) >= 11 is 0. The van der Waals surface area contributed by atoms with Crippen molar-refractivity contribution < 1.29 is 5.11 Å². The van der Waals surface area contributed by atoms with Gasteiger partial charge in [0.25, 0.3) is 5.56 Å². The fraction of sp³-hybridized carbons (Fsp3) is 0.353. The van der Waals surface area contributed by atoms with Gasteiger partial charge in [-0.05, 0) is 31.0 Å². The number of hydrogen-bond donors (Lipinski definition) is 3. The van der Waals surface area contributed by atoms with E-state index >= 15 is 0 Å². The second-order valence-corrected chi connectivity index (χ2v) is 5.47. The number of hydrogen-bond acceptors (Lipinski definition) is 5.